The van der Waals surface area contributed by atoms with E-state index in [9.17, 15) is 0 Å². The first-order valence-corrected chi connectivity index (χ1v) is 2.63. The van der Waals surface area contributed by atoms with Gasteiger partial charge in [-0.25, -0.2) is 0 Å². The predicted molar refractivity (Wildman–Crippen MR) is 25.4 cm³/mol. The number of hydrogen-bond acceptors (Lipinski definition) is 0. The Hall–Kier alpha value is -0.260. The molecule has 0 aliphatic heterocycles. The highest BCUT2D eigenvalue weighted by Crippen LogP contribution is 2.46. The molecule has 0 heteroatoms. The number of fused-ring (bicyclic) bond motifs is 1. The van der Waals surface area contributed by atoms with Gasteiger partial charge in [-0.3, -0.25) is 0 Å². The summed E-state index contributed by atoms with van der Waals surface area (Å²) in [6, 6.07) is 0. The van der Waals surface area contributed by atoms with E-state index in [1.165, 1.54) is 12.8 Å². The first-order valence-electron chi connectivity index (χ1n) is 2.63. The van der Waals surface area contributed by atoms with Crippen molar-refractivity contribution in [3.8, 4) is 0 Å². The highest BCUT2D eigenvalue weighted by Gasteiger charge is 2.36. The largest absolute Gasteiger partial charge is 0.0880 e. The van der Waals surface area contributed by atoms with Crippen molar-refractivity contribution in [1.82, 2.24) is 0 Å². The van der Waals surface area contributed by atoms with Crippen LogP contribution in [0.15, 0.2) is 12.2 Å². The van der Waals surface area contributed by atoms with E-state index < -0.39 is 0 Å². The molecule has 0 N–H and O–H groups in total. The number of hydrogen-bond donors (Lipinski definition) is 0. The molecule has 32 valence electrons. The first-order chi connectivity index (χ1) is 2.97. The molecule has 0 spiro atoms. The molecule has 2 rings (SSSR count). The molecule has 0 radical (unpaired) electrons. The molecule has 2 atom stereocenters. The SMILES string of the molecule is C1=CC2CC2C1. The van der Waals surface area contributed by atoms with E-state index in [1.807, 2.05) is 0 Å². The zero-order valence-corrected chi connectivity index (χ0v) is 3.72. The van der Waals surface area contributed by atoms with Crippen LogP contribution < -0.4 is 0 Å². The van der Waals surface area contributed by atoms with Crippen LogP contribution in [0.5, 0.6) is 0 Å². The lowest BCUT2D eigenvalue weighted by Crippen LogP contribution is -1.61. The molecule has 0 aromatic heterocycles. The van der Waals surface area contributed by atoms with E-state index in [0.29, 0.717) is 0 Å². The molecule has 0 saturated heterocycles. The van der Waals surface area contributed by atoms with Gasteiger partial charge < -0.3 is 0 Å². The molecule has 0 nitrogen and oxygen atoms in total. The van der Waals surface area contributed by atoms with Gasteiger partial charge in [-0.15, -0.1) is 0 Å². The molecule has 0 bridgehead atoms. The Morgan fingerprint density at radius 3 is 2.67 bits per heavy atom. The average Bonchev–Trinajstić information content (AvgIpc) is 2.17. The van der Waals surface area contributed by atoms with Crippen LogP contribution in [0.1, 0.15) is 12.8 Å². The minimum Gasteiger partial charge on any atom is -0.0880 e. The van der Waals surface area contributed by atoms with Crippen LogP contribution in [0, 0.1) is 11.8 Å². The fourth-order valence-electron chi connectivity index (χ4n) is 1.21. The normalized spacial score (nSPS) is 49.3. The van der Waals surface area contributed by atoms with Crippen LogP contribution in [-0.4, -0.2) is 0 Å². The Balaban J connectivity index is 2.26. The lowest BCUT2D eigenvalue weighted by molar-refractivity contribution is 0.855. The third-order valence-electron chi connectivity index (χ3n) is 1.80. The Morgan fingerprint density at radius 2 is 2.50 bits per heavy atom. The minimum atomic E-state index is 1.03. The molecule has 1 fully saturated rings. The van der Waals surface area contributed by atoms with E-state index in [1.54, 1.807) is 0 Å². The molecule has 6 heavy (non-hydrogen) atoms. The van der Waals surface area contributed by atoms with Gasteiger partial charge in [-0.05, 0) is 24.7 Å². The van der Waals surface area contributed by atoms with Gasteiger partial charge in [-0.1, -0.05) is 12.2 Å². The maximum atomic E-state index is 2.35. The lowest BCUT2D eigenvalue weighted by atomic mass is 10.3. The van der Waals surface area contributed by atoms with Gasteiger partial charge in [0.15, 0.2) is 0 Å². The van der Waals surface area contributed by atoms with Crippen LogP contribution in [0.2, 0.25) is 0 Å². The summed E-state index contributed by atoms with van der Waals surface area (Å²) in [6.07, 6.45) is 7.53. The molecule has 0 heterocycles. The van der Waals surface area contributed by atoms with Crippen molar-refractivity contribution in [1.29, 1.82) is 0 Å². The molecule has 0 aromatic carbocycles. The van der Waals surface area contributed by atoms with Crippen LogP contribution in [-0.2, 0) is 0 Å². The molecule has 1 saturated carbocycles. The van der Waals surface area contributed by atoms with Gasteiger partial charge in [0.25, 0.3) is 0 Å². The van der Waals surface area contributed by atoms with Gasteiger partial charge in [0.05, 0.1) is 0 Å². The highest BCUT2D eigenvalue weighted by atomic mass is 14.4. The number of rotatable bonds is 0. The number of allylic oxidation sites excluding steroid dienone is 2. The van der Waals surface area contributed by atoms with Crippen LogP contribution in [0.3, 0.4) is 0 Å². The van der Waals surface area contributed by atoms with Crippen molar-refractivity contribution < 1.29 is 0 Å². The van der Waals surface area contributed by atoms with Crippen LogP contribution in [0.4, 0.5) is 0 Å². The summed E-state index contributed by atoms with van der Waals surface area (Å²) < 4.78 is 0. The van der Waals surface area contributed by atoms with Crippen LogP contribution in [0.25, 0.3) is 0 Å². The zero-order valence-electron chi connectivity index (χ0n) is 3.72. The maximum Gasteiger partial charge on any atom is -0.0199 e. The van der Waals surface area contributed by atoms with E-state index in [4.69, 9.17) is 0 Å². The van der Waals surface area contributed by atoms with E-state index in [-0.39, 0.29) is 0 Å². The summed E-state index contributed by atoms with van der Waals surface area (Å²) in [6.45, 7) is 0. The van der Waals surface area contributed by atoms with E-state index >= 15 is 0 Å². The third kappa shape index (κ3) is 0.204. The molecular weight excluding hydrogens is 72.1 g/mol. The smallest absolute Gasteiger partial charge is 0.0199 e. The van der Waals surface area contributed by atoms with Crippen molar-refractivity contribution in [3.05, 3.63) is 12.2 Å². The second kappa shape index (κ2) is 0.699. The average molecular weight is 80.1 g/mol. The van der Waals surface area contributed by atoms with Gasteiger partial charge in [0.2, 0.25) is 0 Å². The summed E-state index contributed by atoms with van der Waals surface area (Å²) in [5.41, 5.74) is 0. The van der Waals surface area contributed by atoms with Crippen molar-refractivity contribution in [2.24, 2.45) is 11.8 Å². The fourth-order valence-corrected chi connectivity index (χ4v) is 1.21. The van der Waals surface area contributed by atoms with Gasteiger partial charge in [0, 0.05) is 0 Å². The zero-order chi connectivity index (χ0) is 3.98. The molecule has 2 aliphatic rings. The molecule has 0 aromatic rings. The van der Waals surface area contributed by atoms with Gasteiger partial charge >= 0.3 is 0 Å². The monoisotopic (exact) mass is 80.1 g/mol. The molecule has 2 unspecified atom stereocenters. The van der Waals surface area contributed by atoms with Gasteiger partial charge in [-0.2, -0.15) is 0 Å². The highest BCUT2D eigenvalue weighted by molar-refractivity contribution is 5.11. The summed E-state index contributed by atoms with van der Waals surface area (Å²) in [5.74, 6) is 2.13. The van der Waals surface area contributed by atoms with Crippen molar-refractivity contribution in [2.45, 2.75) is 12.8 Å². The Kier molecular flexibility index (Phi) is 0.331. The second-order valence-electron chi connectivity index (χ2n) is 2.32. The van der Waals surface area contributed by atoms with Crippen molar-refractivity contribution in [3.63, 3.8) is 0 Å². The van der Waals surface area contributed by atoms with Gasteiger partial charge in [0.1, 0.15) is 0 Å². The lowest BCUT2D eigenvalue weighted by Gasteiger charge is -1.72. The predicted octanol–water partition coefficient (Wildman–Crippen LogP) is 1.58. The van der Waals surface area contributed by atoms with Crippen molar-refractivity contribution >= 4 is 0 Å². The van der Waals surface area contributed by atoms with Crippen molar-refractivity contribution in [2.75, 3.05) is 0 Å². The fraction of sp³-hybridized carbons (Fsp3) is 0.667. The third-order valence-corrected chi connectivity index (χ3v) is 1.80. The Morgan fingerprint density at radius 1 is 1.50 bits per heavy atom. The summed E-state index contributed by atoms with van der Waals surface area (Å²) in [5, 5.41) is 0. The van der Waals surface area contributed by atoms with Crippen LogP contribution >= 0.6 is 0 Å². The molecule has 2 aliphatic carbocycles. The first kappa shape index (κ1) is 2.84. The summed E-state index contributed by atoms with van der Waals surface area (Å²) >= 11 is 0. The van der Waals surface area contributed by atoms with E-state index in [2.05, 4.69) is 12.2 Å². The Bertz CT molecular complexity index is 92.2. The molecular formula is C6H8. The standard InChI is InChI=1S/C6H8/c1-2-5-4-6(5)3-1/h1-2,5-6H,3-4H2. The molecule has 0 amide bonds. The minimum absolute atomic E-state index is 1.03. The summed E-state index contributed by atoms with van der Waals surface area (Å²) in [7, 11) is 0. The quantitative estimate of drug-likeness (QED) is 0.387. The summed E-state index contributed by atoms with van der Waals surface area (Å²) in [4.78, 5) is 0. The Labute approximate surface area is 37.9 Å². The topological polar surface area (TPSA) is 0 Å². The van der Waals surface area contributed by atoms with E-state index in [0.717, 1.165) is 11.8 Å². The maximum absolute atomic E-state index is 2.35. The second-order valence-corrected chi connectivity index (χ2v) is 2.32.